The molecule has 0 saturated heterocycles. The van der Waals surface area contributed by atoms with Crippen molar-refractivity contribution in [3.05, 3.63) is 54.9 Å². The molecule has 5 N–H and O–H groups in total. The Balaban J connectivity index is 2.28. The minimum absolute atomic E-state index is 0.523. The van der Waals surface area contributed by atoms with Crippen LogP contribution < -0.4 is 16.8 Å². The Morgan fingerprint density at radius 3 is 2.77 bits per heavy atom. The third-order valence-electron chi connectivity index (χ3n) is 3.20. The van der Waals surface area contributed by atoms with Gasteiger partial charge in [-0.25, -0.2) is 9.97 Å². The molecule has 0 atom stereocenters. The molecule has 5 nitrogen and oxygen atoms in total. The maximum Gasteiger partial charge on any atom is 0.137 e. The van der Waals surface area contributed by atoms with Crippen LogP contribution in [-0.2, 0) is 0 Å². The van der Waals surface area contributed by atoms with Crippen molar-refractivity contribution in [2.75, 3.05) is 23.3 Å². The number of allylic oxidation sites excluding steroid dienone is 3. The summed E-state index contributed by atoms with van der Waals surface area (Å²) < 4.78 is 0. The Kier molecular flexibility index (Phi) is 5.14. The number of nitrogen functional groups attached to an aromatic ring is 2. The highest BCUT2D eigenvalue weighted by Gasteiger charge is 2.06. The summed E-state index contributed by atoms with van der Waals surface area (Å²) in [6, 6.07) is 3.56. The van der Waals surface area contributed by atoms with Crippen molar-refractivity contribution in [3.8, 4) is 0 Å². The molecule has 2 rings (SSSR count). The average molecular weight is 295 g/mol. The highest BCUT2D eigenvalue weighted by molar-refractivity contribution is 5.95. The minimum atomic E-state index is 0.523. The first-order valence-corrected chi connectivity index (χ1v) is 7.17. The van der Waals surface area contributed by atoms with Gasteiger partial charge in [-0.1, -0.05) is 37.8 Å². The average Bonchev–Trinajstić information content (AvgIpc) is 2.51. The number of fused-ring (bicyclic) bond motifs is 1. The maximum atomic E-state index is 5.88. The molecule has 1 heterocycles. The lowest BCUT2D eigenvalue weighted by Crippen LogP contribution is -2.06. The highest BCUT2D eigenvalue weighted by atomic mass is 15.0. The van der Waals surface area contributed by atoms with Crippen LogP contribution in [0.5, 0.6) is 0 Å². The van der Waals surface area contributed by atoms with E-state index < -0.39 is 0 Å². The normalized spacial score (nSPS) is 12.0. The Morgan fingerprint density at radius 2 is 2.05 bits per heavy atom. The van der Waals surface area contributed by atoms with Crippen LogP contribution in [0.1, 0.15) is 13.3 Å². The van der Waals surface area contributed by atoms with E-state index in [-0.39, 0.29) is 0 Å². The van der Waals surface area contributed by atoms with Gasteiger partial charge < -0.3 is 16.8 Å². The fraction of sp³-hybridized carbons (Fsp3) is 0.176. The molecule has 0 aliphatic heterocycles. The smallest absolute Gasteiger partial charge is 0.137 e. The van der Waals surface area contributed by atoms with E-state index in [0.717, 1.165) is 28.7 Å². The standard InChI is InChI=1S/C17H21N5/c1-3-5-7-12(6-4-2)10-20-17-13-8-14(18)15(19)9-16(13)21-11-22-17/h4-9,11H,2-3,10,18-19H2,1H3,(H,20,21,22)/b7-5-,12-6+. The van der Waals surface area contributed by atoms with Crippen LogP contribution in [0.4, 0.5) is 17.2 Å². The molecule has 5 heteroatoms. The summed E-state index contributed by atoms with van der Waals surface area (Å²) in [7, 11) is 0. The van der Waals surface area contributed by atoms with Crippen LogP contribution in [0.3, 0.4) is 0 Å². The van der Waals surface area contributed by atoms with E-state index in [9.17, 15) is 0 Å². The van der Waals surface area contributed by atoms with Crippen LogP contribution in [0.25, 0.3) is 10.9 Å². The predicted molar refractivity (Wildman–Crippen MR) is 94.6 cm³/mol. The fourth-order valence-electron chi connectivity index (χ4n) is 2.06. The summed E-state index contributed by atoms with van der Waals surface area (Å²) in [5.74, 6) is 0.733. The molecule has 2 aromatic rings. The van der Waals surface area contributed by atoms with Gasteiger partial charge in [-0.15, -0.1) is 0 Å². The predicted octanol–water partition coefficient (Wildman–Crippen LogP) is 3.28. The van der Waals surface area contributed by atoms with Gasteiger partial charge in [-0.2, -0.15) is 0 Å². The van der Waals surface area contributed by atoms with Gasteiger partial charge in [0.15, 0.2) is 0 Å². The number of benzene rings is 1. The van der Waals surface area contributed by atoms with Gasteiger partial charge in [0.2, 0.25) is 0 Å². The number of nitrogens with zero attached hydrogens (tertiary/aromatic N) is 2. The number of nitrogens with two attached hydrogens (primary N) is 2. The second kappa shape index (κ2) is 7.26. The molecular weight excluding hydrogens is 274 g/mol. The van der Waals surface area contributed by atoms with E-state index in [0.29, 0.717) is 17.9 Å². The Hall–Kier alpha value is -2.82. The van der Waals surface area contributed by atoms with Crippen LogP contribution in [0.2, 0.25) is 0 Å². The number of aromatic nitrogens is 2. The first-order valence-electron chi connectivity index (χ1n) is 7.17. The van der Waals surface area contributed by atoms with Crippen molar-refractivity contribution in [1.29, 1.82) is 0 Å². The van der Waals surface area contributed by atoms with E-state index >= 15 is 0 Å². The summed E-state index contributed by atoms with van der Waals surface area (Å²) in [6.07, 6.45) is 10.4. The molecule has 0 fully saturated rings. The van der Waals surface area contributed by atoms with Crippen molar-refractivity contribution >= 4 is 28.1 Å². The van der Waals surface area contributed by atoms with E-state index in [1.54, 1.807) is 18.2 Å². The van der Waals surface area contributed by atoms with Crippen molar-refractivity contribution in [3.63, 3.8) is 0 Å². The number of rotatable bonds is 6. The van der Waals surface area contributed by atoms with Gasteiger partial charge in [0.05, 0.1) is 16.9 Å². The lowest BCUT2D eigenvalue weighted by atomic mass is 10.1. The summed E-state index contributed by atoms with van der Waals surface area (Å²) >= 11 is 0. The molecule has 22 heavy (non-hydrogen) atoms. The number of hydrogen-bond acceptors (Lipinski definition) is 5. The van der Waals surface area contributed by atoms with E-state index in [2.05, 4.69) is 40.9 Å². The zero-order valence-corrected chi connectivity index (χ0v) is 12.7. The SMILES string of the molecule is C=C/C=C(\C=C/CC)CNc1ncnc2cc(N)c(N)cc12. The third-order valence-corrected chi connectivity index (χ3v) is 3.20. The number of anilines is 3. The maximum absolute atomic E-state index is 5.88. The molecule has 0 radical (unpaired) electrons. The topological polar surface area (TPSA) is 89.8 Å². The molecule has 114 valence electrons. The van der Waals surface area contributed by atoms with E-state index in [4.69, 9.17) is 11.5 Å². The van der Waals surface area contributed by atoms with Gasteiger partial charge in [0, 0.05) is 11.9 Å². The van der Waals surface area contributed by atoms with Gasteiger partial charge in [0.1, 0.15) is 12.1 Å². The van der Waals surface area contributed by atoms with E-state index in [1.807, 2.05) is 6.08 Å². The quantitative estimate of drug-likeness (QED) is 0.562. The first-order chi connectivity index (χ1) is 10.7. The summed E-state index contributed by atoms with van der Waals surface area (Å²) in [6.45, 7) is 6.48. The van der Waals surface area contributed by atoms with Crippen LogP contribution in [0, 0.1) is 0 Å². The van der Waals surface area contributed by atoms with Crippen LogP contribution in [0.15, 0.2) is 54.9 Å². The molecule has 0 saturated carbocycles. The summed E-state index contributed by atoms with van der Waals surface area (Å²) in [5.41, 5.74) is 14.6. The van der Waals surface area contributed by atoms with Crippen molar-refractivity contribution in [1.82, 2.24) is 9.97 Å². The monoisotopic (exact) mass is 295 g/mol. The van der Waals surface area contributed by atoms with Gasteiger partial charge in [-0.05, 0) is 24.1 Å². The van der Waals surface area contributed by atoms with Crippen LogP contribution >= 0.6 is 0 Å². The molecule has 0 aliphatic carbocycles. The summed E-state index contributed by atoms with van der Waals surface area (Å²) in [5, 5.41) is 4.17. The van der Waals surface area contributed by atoms with Crippen molar-refractivity contribution in [2.24, 2.45) is 0 Å². The Labute approximate surface area is 130 Å². The Morgan fingerprint density at radius 1 is 1.27 bits per heavy atom. The zero-order valence-electron chi connectivity index (χ0n) is 12.7. The molecule has 0 amide bonds. The second-order valence-electron chi connectivity index (χ2n) is 4.86. The lowest BCUT2D eigenvalue weighted by molar-refractivity contribution is 1.15. The van der Waals surface area contributed by atoms with Crippen molar-refractivity contribution < 1.29 is 0 Å². The largest absolute Gasteiger partial charge is 0.397 e. The van der Waals surface area contributed by atoms with Crippen molar-refractivity contribution in [2.45, 2.75) is 13.3 Å². The molecule has 0 spiro atoms. The first kappa shape index (κ1) is 15.6. The fourth-order valence-corrected chi connectivity index (χ4v) is 2.06. The zero-order chi connectivity index (χ0) is 15.9. The highest BCUT2D eigenvalue weighted by Crippen LogP contribution is 2.26. The molecular formula is C17H21N5. The minimum Gasteiger partial charge on any atom is -0.397 e. The van der Waals surface area contributed by atoms with E-state index in [1.165, 1.54) is 6.33 Å². The Bertz CT molecular complexity index is 731. The van der Waals surface area contributed by atoms with Gasteiger partial charge in [0.25, 0.3) is 0 Å². The molecule has 0 aliphatic rings. The molecule has 0 bridgehead atoms. The van der Waals surface area contributed by atoms with Gasteiger partial charge >= 0.3 is 0 Å². The second-order valence-corrected chi connectivity index (χ2v) is 4.86. The molecule has 0 unspecified atom stereocenters. The summed E-state index contributed by atoms with van der Waals surface area (Å²) in [4.78, 5) is 8.52. The molecule has 1 aromatic carbocycles. The number of nitrogens with one attached hydrogen (secondary N) is 1. The molecule has 1 aromatic heterocycles. The third kappa shape index (κ3) is 3.63. The van der Waals surface area contributed by atoms with Crippen LogP contribution in [-0.4, -0.2) is 16.5 Å². The lowest BCUT2D eigenvalue weighted by Gasteiger charge is -2.10. The number of hydrogen-bond donors (Lipinski definition) is 3. The van der Waals surface area contributed by atoms with Gasteiger partial charge in [-0.3, -0.25) is 0 Å².